The van der Waals surface area contributed by atoms with E-state index < -0.39 is 24.0 Å². The zero-order valence-corrected chi connectivity index (χ0v) is 18.9. The number of carboxylic acids is 1. The van der Waals surface area contributed by atoms with Gasteiger partial charge in [0.1, 0.15) is 12.6 Å². The summed E-state index contributed by atoms with van der Waals surface area (Å²) in [4.78, 5) is 35.6. The summed E-state index contributed by atoms with van der Waals surface area (Å²) < 4.78 is 5.56. The fraction of sp³-hybridized carbons (Fsp3) is 0.222. The first-order chi connectivity index (χ1) is 16.3. The van der Waals surface area contributed by atoms with Crippen LogP contribution in [-0.2, 0) is 14.3 Å². The summed E-state index contributed by atoms with van der Waals surface area (Å²) >= 11 is 0. The molecular formula is C27H26N2O5. The molecule has 1 aliphatic carbocycles. The van der Waals surface area contributed by atoms with Crippen molar-refractivity contribution in [1.29, 1.82) is 0 Å². The third-order valence-electron chi connectivity index (χ3n) is 6.12. The Morgan fingerprint density at radius 2 is 1.44 bits per heavy atom. The number of anilines is 1. The molecule has 2 amide bonds. The molecule has 3 N–H and O–H groups in total. The molecule has 0 aromatic heterocycles. The van der Waals surface area contributed by atoms with E-state index in [2.05, 4.69) is 34.9 Å². The molecule has 174 valence electrons. The van der Waals surface area contributed by atoms with E-state index in [-0.39, 0.29) is 18.4 Å². The van der Waals surface area contributed by atoms with E-state index in [1.54, 1.807) is 31.2 Å². The van der Waals surface area contributed by atoms with Gasteiger partial charge in [-0.05, 0) is 53.8 Å². The smallest absolute Gasteiger partial charge is 0.411 e. The molecule has 7 heteroatoms. The van der Waals surface area contributed by atoms with Gasteiger partial charge < -0.3 is 15.2 Å². The number of benzene rings is 3. The Bertz CT molecular complexity index is 1180. The van der Waals surface area contributed by atoms with Crippen molar-refractivity contribution in [3.8, 4) is 11.1 Å². The molecule has 7 nitrogen and oxygen atoms in total. The Kier molecular flexibility index (Phi) is 6.63. The topological polar surface area (TPSA) is 105 Å². The van der Waals surface area contributed by atoms with Gasteiger partial charge in [0.25, 0.3) is 0 Å². The maximum atomic E-state index is 12.5. The highest BCUT2D eigenvalue weighted by Gasteiger charge is 2.29. The highest BCUT2D eigenvalue weighted by molar-refractivity contribution is 5.88. The minimum absolute atomic E-state index is 0.0203. The second-order valence-corrected chi connectivity index (χ2v) is 8.36. The molecule has 4 rings (SSSR count). The lowest BCUT2D eigenvalue weighted by atomic mass is 9.98. The van der Waals surface area contributed by atoms with E-state index in [1.165, 1.54) is 18.1 Å². The Morgan fingerprint density at radius 3 is 2.00 bits per heavy atom. The van der Waals surface area contributed by atoms with E-state index in [0.29, 0.717) is 11.3 Å². The third kappa shape index (κ3) is 4.78. The van der Waals surface area contributed by atoms with Gasteiger partial charge in [-0.15, -0.1) is 0 Å². The summed E-state index contributed by atoms with van der Waals surface area (Å²) in [6.45, 7) is 3.32. The number of rotatable bonds is 7. The average Bonchev–Trinajstić information content (AvgIpc) is 3.16. The summed E-state index contributed by atoms with van der Waals surface area (Å²) in [7, 11) is 0. The monoisotopic (exact) mass is 458 g/mol. The first kappa shape index (κ1) is 23.0. The first-order valence-electron chi connectivity index (χ1n) is 11.1. The second-order valence-electron chi connectivity index (χ2n) is 8.36. The van der Waals surface area contributed by atoms with Crippen LogP contribution in [0.4, 0.5) is 10.5 Å². The van der Waals surface area contributed by atoms with Crippen LogP contribution in [0.5, 0.6) is 0 Å². The van der Waals surface area contributed by atoms with E-state index in [0.717, 1.165) is 11.1 Å². The molecule has 1 unspecified atom stereocenters. The fourth-order valence-electron chi connectivity index (χ4n) is 4.16. The standard InChI is InChI=1S/C27H26N2O5/c1-16(25(30)28-17(2)26(31)32)18-11-13-19(14-12-18)29-27(33)34-15-24-22-9-5-3-7-20(22)21-8-4-6-10-23(21)24/h3-14,16-17,24H,15H2,1-2H3,(H,28,30)(H,29,33)(H,31,32)/t16?,17-/m0/s1. The highest BCUT2D eigenvalue weighted by Crippen LogP contribution is 2.44. The molecule has 0 saturated heterocycles. The number of amides is 2. The number of carboxylic acid groups (broad SMARTS) is 1. The SMILES string of the molecule is CC(C(=O)N[C@@H](C)C(=O)O)c1ccc(NC(=O)OCC2c3ccccc3-c3ccccc32)cc1. The lowest BCUT2D eigenvalue weighted by Gasteiger charge is -2.16. The number of carbonyl (C=O) groups excluding carboxylic acids is 2. The average molecular weight is 459 g/mol. The molecule has 2 atom stereocenters. The van der Waals surface area contributed by atoms with Crippen molar-refractivity contribution in [1.82, 2.24) is 5.32 Å². The van der Waals surface area contributed by atoms with Gasteiger partial charge >= 0.3 is 12.1 Å². The van der Waals surface area contributed by atoms with Gasteiger partial charge in [0.2, 0.25) is 5.91 Å². The van der Waals surface area contributed by atoms with Crippen LogP contribution < -0.4 is 10.6 Å². The summed E-state index contributed by atoms with van der Waals surface area (Å²) in [5, 5.41) is 14.1. The van der Waals surface area contributed by atoms with E-state index in [4.69, 9.17) is 9.84 Å². The Morgan fingerprint density at radius 1 is 0.882 bits per heavy atom. The number of carbonyl (C=O) groups is 3. The number of hydrogen-bond acceptors (Lipinski definition) is 4. The summed E-state index contributed by atoms with van der Waals surface area (Å²) in [6.07, 6.45) is -0.560. The lowest BCUT2D eigenvalue weighted by Crippen LogP contribution is -2.40. The number of nitrogens with one attached hydrogen (secondary N) is 2. The number of hydrogen-bond donors (Lipinski definition) is 3. The first-order valence-corrected chi connectivity index (χ1v) is 11.1. The third-order valence-corrected chi connectivity index (χ3v) is 6.12. The normalized spacial score (nSPS) is 13.8. The minimum atomic E-state index is -1.09. The summed E-state index contributed by atoms with van der Waals surface area (Å²) in [5.41, 5.74) is 5.86. The second kappa shape index (κ2) is 9.79. The Labute approximate surface area is 197 Å². The van der Waals surface area contributed by atoms with Gasteiger partial charge in [-0.2, -0.15) is 0 Å². The van der Waals surface area contributed by atoms with Gasteiger partial charge in [0.05, 0.1) is 5.92 Å². The van der Waals surface area contributed by atoms with Gasteiger partial charge in [-0.25, -0.2) is 4.79 Å². The van der Waals surface area contributed by atoms with Gasteiger partial charge in [0.15, 0.2) is 0 Å². The largest absolute Gasteiger partial charge is 0.480 e. The van der Waals surface area contributed by atoms with Crippen molar-refractivity contribution in [3.05, 3.63) is 89.5 Å². The molecule has 0 aliphatic heterocycles. The van der Waals surface area contributed by atoms with Gasteiger partial charge in [-0.1, -0.05) is 60.7 Å². The molecule has 3 aromatic carbocycles. The van der Waals surface area contributed by atoms with Gasteiger partial charge in [-0.3, -0.25) is 14.9 Å². The van der Waals surface area contributed by atoms with Crippen LogP contribution >= 0.6 is 0 Å². The van der Waals surface area contributed by atoms with Crippen molar-refractivity contribution in [2.75, 3.05) is 11.9 Å². The maximum Gasteiger partial charge on any atom is 0.411 e. The van der Waals surface area contributed by atoms with Crippen LogP contribution in [0.3, 0.4) is 0 Å². The van der Waals surface area contributed by atoms with Crippen LogP contribution in [0.2, 0.25) is 0 Å². The van der Waals surface area contributed by atoms with Gasteiger partial charge in [0, 0.05) is 11.6 Å². The van der Waals surface area contributed by atoms with E-state index in [9.17, 15) is 14.4 Å². The molecule has 3 aromatic rings. The number of aliphatic carboxylic acids is 1. The zero-order chi connectivity index (χ0) is 24.2. The quantitative estimate of drug-likeness (QED) is 0.474. The van der Waals surface area contributed by atoms with Crippen LogP contribution in [0.25, 0.3) is 11.1 Å². The van der Waals surface area contributed by atoms with Crippen molar-refractivity contribution in [2.45, 2.75) is 31.7 Å². The van der Waals surface area contributed by atoms with Crippen molar-refractivity contribution >= 4 is 23.7 Å². The fourth-order valence-corrected chi connectivity index (χ4v) is 4.16. The van der Waals surface area contributed by atoms with Crippen LogP contribution in [0, 0.1) is 0 Å². The van der Waals surface area contributed by atoms with Crippen LogP contribution in [0.15, 0.2) is 72.8 Å². The number of ether oxygens (including phenoxy) is 1. The Balaban J connectivity index is 1.35. The maximum absolute atomic E-state index is 12.5. The highest BCUT2D eigenvalue weighted by atomic mass is 16.5. The minimum Gasteiger partial charge on any atom is -0.480 e. The molecule has 0 fully saturated rings. The van der Waals surface area contributed by atoms with Crippen molar-refractivity contribution < 1.29 is 24.2 Å². The van der Waals surface area contributed by atoms with Crippen LogP contribution in [-0.4, -0.2) is 35.7 Å². The predicted molar refractivity (Wildman–Crippen MR) is 129 cm³/mol. The molecule has 34 heavy (non-hydrogen) atoms. The predicted octanol–water partition coefficient (Wildman–Crippen LogP) is 4.74. The molecule has 0 spiro atoms. The number of fused-ring (bicyclic) bond motifs is 3. The van der Waals surface area contributed by atoms with E-state index in [1.807, 2.05) is 24.3 Å². The zero-order valence-electron chi connectivity index (χ0n) is 18.9. The lowest BCUT2D eigenvalue weighted by molar-refractivity contribution is -0.141. The molecule has 0 radical (unpaired) electrons. The molecule has 0 heterocycles. The van der Waals surface area contributed by atoms with Crippen molar-refractivity contribution in [2.24, 2.45) is 0 Å². The Hall–Kier alpha value is -4.13. The molecule has 0 saturated carbocycles. The molecular weight excluding hydrogens is 432 g/mol. The van der Waals surface area contributed by atoms with E-state index >= 15 is 0 Å². The summed E-state index contributed by atoms with van der Waals surface area (Å²) in [5.74, 6) is -2.03. The molecule has 0 bridgehead atoms. The van der Waals surface area contributed by atoms with Crippen molar-refractivity contribution in [3.63, 3.8) is 0 Å². The molecule has 1 aliphatic rings. The summed E-state index contributed by atoms with van der Waals surface area (Å²) in [6, 6.07) is 22.1. The van der Waals surface area contributed by atoms with Crippen LogP contribution in [0.1, 0.15) is 42.4 Å².